The van der Waals surface area contributed by atoms with E-state index in [9.17, 15) is 24.9 Å². The number of para-hydroxylation sites is 2. The summed E-state index contributed by atoms with van der Waals surface area (Å²) in [6.45, 7) is 0.750. The lowest BCUT2D eigenvalue weighted by molar-refractivity contribution is -0.132. The van der Waals surface area contributed by atoms with Gasteiger partial charge in [-0.15, -0.1) is 0 Å². The molecule has 1 unspecified atom stereocenters. The number of benzene rings is 3. The number of fused-ring (bicyclic) bond motifs is 1. The number of carbonyl (C=O) groups is 2. The number of nitrogens with zero attached hydrogens (tertiary/aromatic N) is 1. The van der Waals surface area contributed by atoms with Crippen LogP contribution < -0.4 is 14.4 Å². The summed E-state index contributed by atoms with van der Waals surface area (Å²) in [6.07, 6.45) is 0. The molecule has 2 heterocycles. The Hall–Kier alpha value is -4.46. The number of hydrogen-bond donors (Lipinski definition) is 3. The van der Waals surface area contributed by atoms with Crippen molar-refractivity contribution in [1.29, 1.82) is 0 Å². The van der Waals surface area contributed by atoms with Gasteiger partial charge in [-0.1, -0.05) is 24.3 Å². The van der Waals surface area contributed by atoms with Crippen molar-refractivity contribution < 1.29 is 34.4 Å². The first-order chi connectivity index (χ1) is 16.0. The van der Waals surface area contributed by atoms with Gasteiger partial charge in [-0.3, -0.25) is 14.5 Å². The van der Waals surface area contributed by atoms with E-state index < -0.39 is 23.5 Å². The summed E-state index contributed by atoms with van der Waals surface area (Å²) in [5, 5.41) is 31.7. The van der Waals surface area contributed by atoms with Crippen LogP contribution in [0, 0.1) is 0 Å². The summed E-state index contributed by atoms with van der Waals surface area (Å²) in [7, 11) is 0. The van der Waals surface area contributed by atoms with Gasteiger partial charge in [-0.25, -0.2) is 0 Å². The highest BCUT2D eigenvalue weighted by atomic mass is 16.6. The molecule has 1 fully saturated rings. The van der Waals surface area contributed by atoms with Gasteiger partial charge in [-0.2, -0.15) is 0 Å². The Bertz CT molecular complexity index is 1310. The van der Waals surface area contributed by atoms with Crippen molar-refractivity contribution >= 4 is 23.1 Å². The second kappa shape index (κ2) is 7.90. The highest BCUT2D eigenvalue weighted by molar-refractivity contribution is 6.51. The first-order valence-electron chi connectivity index (χ1n) is 10.2. The van der Waals surface area contributed by atoms with Gasteiger partial charge in [0, 0.05) is 5.56 Å². The van der Waals surface area contributed by atoms with E-state index in [0.29, 0.717) is 30.3 Å². The normalized spacial score (nSPS) is 19.0. The van der Waals surface area contributed by atoms with Crippen LogP contribution in [0.2, 0.25) is 0 Å². The number of hydrogen-bond acceptors (Lipinski definition) is 7. The predicted molar refractivity (Wildman–Crippen MR) is 118 cm³/mol. The molecule has 0 aromatic heterocycles. The van der Waals surface area contributed by atoms with Crippen LogP contribution in [-0.2, 0) is 9.59 Å². The minimum atomic E-state index is -1.08. The van der Waals surface area contributed by atoms with Gasteiger partial charge in [-0.05, 0) is 48.0 Å². The van der Waals surface area contributed by atoms with Gasteiger partial charge < -0.3 is 24.8 Å². The van der Waals surface area contributed by atoms with Gasteiger partial charge in [0.25, 0.3) is 11.7 Å². The zero-order chi connectivity index (χ0) is 23.1. The third kappa shape index (κ3) is 3.41. The van der Waals surface area contributed by atoms with Crippen LogP contribution in [0.4, 0.5) is 5.69 Å². The number of anilines is 1. The average Bonchev–Trinajstić information content (AvgIpc) is 3.09. The van der Waals surface area contributed by atoms with Gasteiger partial charge in [0.1, 0.15) is 30.5 Å². The molecule has 8 heteroatoms. The number of aliphatic hydroxyl groups excluding tert-OH is 1. The zero-order valence-electron chi connectivity index (χ0n) is 17.3. The third-order valence-electron chi connectivity index (χ3n) is 5.59. The van der Waals surface area contributed by atoms with E-state index in [4.69, 9.17) is 9.47 Å². The number of amides is 1. The smallest absolute Gasteiger partial charge is 0.300 e. The number of aromatic hydroxyl groups is 2. The van der Waals surface area contributed by atoms with Crippen LogP contribution in [-0.4, -0.2) is 40.2 Å². The standard InChI is InChI=1S/C25H19NO7/c27-16-5-3-4-14(12-16)22-21(23(29)15-8-9-19-20(13-15)33-11-10-32-19)24(30)25(31)26(22)17-6-1-2-7-18(17)28/h1-9,12-13,22,27-29H,10-11H2/b23-21-. The second-order valence-electron chi connectivity index (χ2n) is 7.61. The highest BCUT2D eigenvalue weighted by Crippen LogP contribution is 2.45. The Morgan fingerprint density at radius 3 is 2.39 bits per heavy atom. The van der Waals surface area contributed by atoms with Crippen LogP contribution in [0.1, 0.15) is 17.2 Å². The molecule has 3 aromatic rings. The number of Topliss-reactive ketones (excluding diaryl/α,β-unsaturated/α-hetero) is 1. The topological polar surface area (TPSA) is 117 Å². The summed E-state index contributed by atoms with van der Waals surface area (Å²) in [5.41, 5.74) is 0.580. The van der Waals surface area contributed by atoms with Crippen LogP contribution in [0.25, 0.3) is 5.76 Å². The Labute approximate surface area is 188 Å². The quantitative estimate of drug-likeness (QED) is 0.321. The fourth-order valence-corrected chi connectivity index (χ4v) is 4.11. The molecule has 1 amide bonds. The SMILES string of the molecule is O=C1C(=O)N(c2ccccc2O)C(c2cccc(O)c2)/C1=C(/O)c1ccc2c(c1)OCCO2. The second-order valence-corrected chi connectivity index (χ2v) is 7.61. The summed E-state index contributed by atoms with van der Waals surface area (Å²) in [5.74, 6) is -1.59. The lowest BCUT2D eigenvalue weighted by Crippen LogP contribution is -2.29. The van der Waals surface area contributed by atoms with Crippen molar-refractivity contribution in [2.24, 2.45) is 0 Å². The number of rotatable bonds is 3. The van der Waals surface area contributed by atoms with Crippen molar-refractivity contribution in [2.75, 3.05) is 18.1 Å². The predicted octanol–water partition coefficient (Wildman–Crippen LogP) is 3.50. The molecule has 33 heavy (non-hydrogen) atoms. The van der Waals surface area contributed by atoms with Crippen LogP contribution >= 0.6 is 0 Å². The number of phenols is 2. The van der Waals surface area contributed by atoms with Crippen molar-refractivity contribution in [3.63, 3.8) is 0 Å². The summed E-state index contributed by atoms with van der Waals surface area (Å²) in [4.78, 5) is 27.4. The van der Waals surface area contributed by atoms with E-state index in [0.717, 1.165) is 4.90 Å². The van der Waals surface area contributed by atoms with Crippen molar-refractivity contribution in [1.82, 2.24) is 0 Å². The molecular formula is C25H19NO7. The number of phenolic OH excluding ortho intramolecular Hbond substituents is 2. The van der Waals surface area contributed by atoms with Crippen molar-refractivity contribution in [3.05, 3.63) is 83.4 Å². The molecule has 0 saturated carbocycles. The van der Waals surface area contributed by atoms with Gasteiger partial charge in [0.05, 0.1) is 17.3 Å². The summed E-state index contributed by atoms with van der Waals surface area (Å²) >= 11 is 0. The maximum atomic E-state index is 13.2. The lowest BCUT2D eigenvalue weighted by Gasteiger charge is -2.26. The number of ketones is 1. The van der Waals surface area contributed by atoms with Crippen LogP contribution in [0.15, 0.2) is 72.3 Å². The van der Waals surface area contributed by atoms with E-state index in [1.165, 1.54) is 30.3 Å². The maximum Gasteiger partial charge on any atom is 0.300 e. The molecule has 5 rings (SSSR count). The zero-order valence-corrected chi connectivity index (χ0v) is 17.3. The first kappa shape index (κ1) is 20.4. The summed E-state index contributed by atoms with van der Waals surface area (Å²) in [6, 6.07) is 15.8. The van der Waals surface area contributed by atoms with E-state index in [1.54, 1.807) is 36.4 Å². The molecule has 0 bridgehead atoms. The molecular weight excluding hydrogens is 426 g/mol. The maximum absolute atomic E-state index is 13.2. The van der Waals surface area contributed by atoms with Crippen LogP contribution in [0.5, 0.6) is 23.0 Å². The minimum absolute atomic E-state index is 0.0744. The molecule has 8 nitrogen and oxygen atoms in total. The first-order valence-corrected chi connectivity index (χ1v) is 10.2. The monoisotopic (exact) mass is 445 g/mol. The Morgan fingerprint density at radius 2 is 1.64 bits per heavy atom. The Balaban J connectivity index is 1.72. The molecule has 1 saturated heterocycles. The number of aliphatic hydroxyl groups is 1. The molecule has 166 valence electrons. The number of ether oxygens (including phenoxy) is 2. The van der Waals surface area contributed by atoms with Gasteiger partial charge >= 0.3 is 0 Å². The van der Waals surface area contributed by atoms with Crippen molar-refractivity contribution in [2.45, 2.75) is 6.04 Å². The molecule has 2 aliphatic heterocycles. The Morgan fingerprint density at radius 1 is 0.879 bits per heavy atom. The molecule has 2 aliphatic rings. The Kier molecular flexibility index (Phi) is 4.90. The van der Waals surface area contributed by atoms with Gasteiger partial charge in [0.2, 0.25) is 0 Å². The molecule has 0 spiro atoms. The average molecular weight is 445 g/mol. The fourth-order valence-electron chi connectivity index (χ4n) is 4.11. The van der Waals surface area contributed by atoms with Crippen LogP contribution in [0.3, 0.4) is 0 Å². The third-order valence-corrected chi connectivity index (χ3v) is 5.59. The molecule has 0 radical (unpaired) electrons. The molecule has 3 aromatic carbocycles. The van der Waals surface area contributed by atoms with Crippen molar-refractivity contribution in [3.8, 4) is 23.0 Å². The number of carbonyl (C=O) groups excluding carboxylic acids is 2. The van der Waals surface area contributed by atoms with E-state index in [1.807, 2.05) is 0 Å². The largest absolute Gasteiger partial charge is 0.508 e. The molecule has 1 atom stereocenters. The van der Waals surface area contributed by atoms with E-state index in [-0.39, 0.29) is 28.3 Å². The van der Waals surface area contributed by atoms with E-state index >= 15 is 0 Å². The van der Waals surface area contributed by atoms with Gasteiger partial charge in [0.15, 0.2) is 11.5 Å². The minimum Gasteiger partial charge on any atom is -0.508 e. The highest BCUT2D eigenvalue weighted by Gasteiger charge is 2.47. The molecule has 3 N–H and O–H groups in total. The van der Waals surface area contributed by atoms with E-state index in [2.05, 4.69) is 0 Å². The molecule has 0 aliphatic carbocycles. The lowest BCUT2D eigenvalue weighted by atomic mass is 9.94. The summed E-state index contributed by atoms with van der Waals surface area (Å²) < 4.78 is 11.1. The fraction of sp³-hybridized carbons (Fsp3) is 0.120.